The van der Waals surface area contributed by atoms with Crippen molar-refractivity contribution in [1.82, 2.24) is 10.6 Å². The lowest BCUT2D eigenvalue weighted by atomic mass is 10.1. The fraction of sp³-hybridized carbons (Fsp3) is 0.462. The van der Waals surface area contributed by atoms with Crippen LogP contribution >= 0.6 is 0 Å². The van der Waals surface area contributed by atoms with E-state index >= 15 is 0 Å². The molecule has 0 saturated carbocycles. The number of nitrogens with zero attached hydrogens (tertiary/aromatic N) is 1. The molecule has 0 unspecified atom stereocenters. The fourth-order valence-electron chi connectivity index (χ4n) is 2.22. The Hall–Kier alpha value is -1.69. The van der Waals surface area contributed by atoms with Gasteiger partial charge in [-0.1, -0.05) is 0 Å². The molecule has 0 atom stereocenters. The number of anilines is 1. The van der Waals surface area contributed by atoms with Crippen LogP contribution in [0.15, 0.2) is 12.1 Å². The number of hydrogen-bond acceptors (Lipinski definition) is 3. The van der Waals surface area contributed by atoms with Gasteiger partial charge in [0.1, 0.15) is 17.3 Å². The second-order valence-corrected chi connectivity index (χ2v) is 4.53. The van der Waals surface area contributed by atoms with Gasteiger partial charge in [-0.3, -0.25) is 4.79 Å². The standard InChI is InChI=1S/C13H17F2N3O/c1-16-8-9-6-10(14)13(11(15)7-9)18-4-2-12(19)17-3-5-18/h6-7,16H,2-5,8H2,1H3,(H,17,19). The summed E-state index contributed by atoms with van der Waals surface area (Å²) < 4.78 is 28.1. The molecular formula is C13H17F2N3O. The average Bonchev–Trinajstić information content (AvgIpc) is 2.54. The van der Waals surface area contributed by atoms with Crippen LogP contribution in [0.3, 0.4) is 0 Å². The van der Waals surface area contributed by atoms with Crippen LogP contribution in [0.4, 0.5) is 14.5 Å². The second-order valence-electron chi connectivity index (χ2n) is 4.53. The molecule has 1 aromatic carbocycles. The Morgan fingerprint density at radius 3 is 2.63 bits per heavy atom. The van der Waals surface area contributed by atoms with Gasteiger partial charge in [-0.15, -0.1) is 0 Å². The first-order chi connectivity index (χ1) is 9.11. The molecule has 0 spiro atoms. The van der Waals surface area contributed by atoms with Gasteiger partial charge in [-0.05, 0) is 24.7 Å². The topological polar surface area (TPSA) is 44.4 Å². The van der Waals surface area contributed by atoms with Crippen molar-refractivity contribution in [3.05, 3.63) is 29.3 Å². The van der Waals surface area contributed by atoms with Crippen LogP contribution in [-0.2, 0) is 11.3 Å². The van der Waals surface area contributed by atoms with Crippen molar-refractivity contribution in [2.45, 2.75) is 13.0 Å². The molecule has 1 heterocycles. The zero-order chi connectivity index (χ0) is 13.8. The van der Waals surface area contributed by atoms with E-state index in [4.69, 9.17) is 0 Å². The summed E-state index contributed by atoms with van der Waals surface area (Å²) in [5.41, 5.74) is 0.515. The van der Waals surface area contributed by atoms with Gasteiger partial charge >= 0.3 is 0 Å². The third-order valence-electron chi connectivity index (χ3n) is 3.09. The molecule has 19 heavy (non-hydrogen) atoms. The minimum atomic E-state index is -0.584. The van der Waals surface area contributed by atoms with Gasteiger partial charge in [0.2, 0.25) is 5.91 Å². The first-order valence-corrected chi connectivity index (χ1v) is 6.26. The van der Waals surface area contributed by atoms with E-state index in [2.05, 4.69) is 10.6 Å². The van der Waals surface area contributed by atoms with Crippen molar-refractivity contribution in [2.75, 3.05) is 31.6 Å². The first kappa shape index (κ1) is 13.7. The predicted octanol–water partition coefficient (Wildman–Crippen LogP) is 1.01. The smallest absolute Gasteiger partial charge is 0.221 e. The number of nitrogens with one attached hydrogen (secondary N) is 2. The minimum absolute atomic E-state index is 0.0450. The SMILES string of the molecule is CNCc1cc(F)c(N2CCNC(=O)CC2)c(F)c1. The summed E-state index contributed by atoms with van der Waals surface area (Å²) in [6.07, 6.45) is 0.247. The Morgan fingerprint density at radius 2 is 2.00 bits per heavy atom. The van der Waals surface area contributed by atoms with Crippen molar-refractivity contribution in [2.24, 2.45) is 0 Å². The van der Waals surface area contributed by atoms with E-state index in [1.54, 1.807) is 11.9 Å². The molecule has 0 aliphatic carbocycles. The van der Waals surface area contributed by atoms with E-state index in [0.717, 1.165) is 0 Å². The molecule has 2 rings (SSSR count). The summed E-state index contributed by atoms with van der Waals surface area (Å²) in [4.78, 5) is 12.8. The molecule has 6 heteroatoms. The maximum Gasteiger partial charge on any atom is 0.221 e. The zero-order valence-corrected chi connectivity index (χ0v) is 10.8. The lowest BCUT2D eigenvalue weighted by molar-refractivity contribution is -0.120. The number of halogens is 2. The molecule has 1 amide bonds. The first-order valence-electron chi connectivity index (χ1n) is 6.26. The van der Waals surface area contributed by atoms with Crippen LogP contribution in [0.2, 0.25) is 0 Å². The molecule has 4 nitrogen and oxygen atoms in total. The van der Waals surface area contributed by atoms with Gasteiger partial charge in [-0.2, -0.15) is 0 Å². The summed E-state index contributed by atoms with van der Waals surface area (Å²) in [5.74, 6) is -1.26. The highest BCUT2D eigenvalue weighted by atomic mass is 19.1. The molecule has 0 bridgehead atoms. The molecule has 1 aliphatic heterocycles. The third-order valence-corrected chi connectivity index (χ3v) is 3.09. The van der Waals surface area contributed by atoms with Crippen LogP contribution in [0.1, 0.15) is 12.0 Å². The summed E-state index contributed by atoms with van der Waals surface area (Å²) in [6, 6.07) is 2.66. The molecule has 0 aromatic heterocycles. The van der Waals surface area contributed by atoms with Crippen LogP contribution in [-0.4, -0.2) is 32.6 Å². The number of rotatable bonds is 3. The summed E-state index contributed by atoms with van der Waals surface area (Å²) >= 11 is 0. The molecule has 0 radical (unpaired) electrons. The molecule has 104 valence electrons. The monoisotopic (exact) mass is 269 g/mol. The van der Waals surface area contributed by atoms with Gasteiger partial charge in [0, 0.05) is 32.6 Å². The van der Waals surface area contributed by atoms with Crippen molar-refractivity contribution in [3.8, 4) is 0 Å². The highest BCUT2D eigenvalue weighted by molar-refractivity contribution is 5.77. The van der Waals surface area contributed by atoms with Crippen molar-refractivity contribution in [3.63, 3.8) is 0 Å². The second kappa shape index (κ2) is 5.97. The fourth-order valence-corrected chi connectivity index (χ4v) is 2.22. The quantitative estimate of drug-likeness (QED) is 0.861. The Balaban J connectivity index is 2.26. The summed E-state index contributed by atoms with van der Waals surface area (Å²) in [5, 5.41) is 5.53. The van der Waals surface area contributed by atoms with Crippen LogP contribution in [0.25, 0.3) is 0 Å². The molecular weight excluding hydrogens is 252 g/mol. The highest BCUT2D eigenvalue weighted by Gasteiger charge is 2.20. The maximum absolute atomic E-state index is 14.0. The van der Waals surface area contributed by atoms with Crippen LogP contribution in [0, 0.1) is 11.6 Å². The molecule has 2 N–H and O–H groups in total. The maximum atomic E-state index is 14.0. The molecule has 1 saturated heterocycles. The number of benzene rings is 1. The number of amides is 1. The van der Waals surface area contributed by atoms with E-state index < -0.39 is 11.6 Å². The number of hydrogen-bond donors (Lipinski definition) is 2. The molecule has 1 aliphatic rings. The number of carbonyl (C=O) groups is 1. The van der Waals surface area contributed by atoms with Crippen LogP contribution in [0.5, 0.6) is 0 Å². The Kier molecular flexibility index (Phi) is 4.31. The molecule has 1 aromatic rings. The van der Waals surface area contributed by atoms with Crippen molar-refractivity contribution >= 4 is 11.6 Å². The average molecular weight is 269 g/mol. The van der Waals surface area contributed by atoms with E-state index in [0.29, 0.717) is 31.7 Å². The summed E-state index contributed by atoms with van der Waals surface area (Å²) in [7, 11) is 1.72. The summed E-state index contributed by atoms with van der Waals surface area (Å²) in [6.45, 7) is 1.54. The Morgan fingerprint density at radius 1 is 1.32 bits per heavy atom. The highest BCUT2D eigenvalue weighted by Crippen LogP contribution is 2.25. The zero-order valence-electron chi connectivity index (χ0n) is 10.8. The van der Waals surface area contributed by atoms with Gasteiger partial charge in [-0.25, -0.2) is 8.78 Å². The Labute approximate surface area is 110 Å². The lowest BCUT2D eigenvalue weighted by Crippen LogP contribution is -2.30. The minimum Gasteiger partial charge on any atom is -0.365 e. The van der Waals surface area contributed by atoms with Gasteiger partial charge in [0.25, 0.3) is 0 Å². The number of carbonyl (C=O) groups excluding carboxylic acids is 1. The van der Waals surface area contributed by atoms with E-state index in [1.807, 2.05) is 0 Å². The Bertz CT molecular complexity index is 456. The van der Waals surface area contributed by atoms with Crippen molar-refractivity contribution in [1.29, 1.82) is 0 Å². The van der Waals surface area contributed by atoms with E-state index in [9.17, 15) is 13.6 Å². The van der Waals surface area contributed by atoms with E-state index in [-0.39, 0.29) is 18.0 Å². The van der Waals surface area contributed by atoms with Gasteiger partial charge in [0.05, 0.1) is 0 Å². The van der Waals surface area contributed by atoms with Gasteiger partial charge in [0.15, 0.2) is 0 Å². The largest absolute Gasteiger partial charge is 0.365 e. The van der Waals surface area contributed by atoms with E-state index in [1.165, 1.54) is 12.1 Å². The predicted molar refractivity (Wildman–Crippen MR) is 69.0 cm³/mol. The van der Waals surface area contributed by atoms with Gasteiger partial charge < -0.3 is 15.5 Å². The van der Waals surface area contributed by atoms with Crippen LogP contribution < -0.4 is 15.5 Å². The lowest BCUT2D eigenvalue weighted by Gasteiger charge is -2.23. The molecule has 1 fully saturated rings. The third kappa shape index (κ3) is 3.20. The van der Waals surface area contributed by atoms with Crippen molar-refractivity contribution < 1.29 is 13.6 Å². The normalized spacial score (nSPS) is 16.2.